The molecule has 3 aromatic carbocycles. The van der Waals surface area contributed by atoms with Gasteiger partial charge >= 0.3 is 0 Å². The predicted octanol–water partition coefficient (Wildman–Crippen LogP) is 7.38. The Bertz CT molecular complexity index is 970. The summed E-state index contributed by atoms with van der Waals surface area (Å²) in [5.41, 5.74) is 4.04. The Morgan fingerprint density at radius 1 is 0.711 bits per heavy atom. The summed E-state index contributed by atoms with van der Waals surface area (Å²) in [6.45, 7) is 11.0. The maximum atomic E-state index is 6.07. The molecule has 0 amide bonds. The van der Waals surface area contributed by atoms with Crippen molar-refractivity contribution in [3.8, 4) is 11.5 Å². The zero-order valence-electron chi connectivity index (χ0n) is 23.8. The van der Waals surface area contributed by atoms with Crippen LogP contribution in [0, 0.1) is 0 Å². The van der Waals surface area contributed by atoms with Crippen molar-refractivity contribution in [2.75, 3.05) is 32.8 Å². The van der Waals surface area contributed by atoms with Gasteiger partial charge in [-0.25, -0.2) is 0 Å². The van der Waals surface area contributed by atoms with Gasteiger partial charge in [0.1, 0.15) is 0 Å². The molecule has 0 fully saturated rings. The molecule has 0 heterocycles. The quantitative estimate of drug-likeness (QED) is 0.163. The minimum absolute atomic E-state index is 0.402. The van der Waals surface area contributed by atoms with Crippen molar-refractivity contribution in [1.82, 2.24) is 10.6 Å². The van der Waals surface area contributed by atoms with Crippen molar-refractivity contribution >= 4 is 0 Å². The van der Waals surface area contributed by atoms with E-state index in [1.165, 1.54) is 16.7 Å². The normalized spacial score (nSPS) is 12.0. The molecule has 0 aliphatic carbocycles. The lowest BCUT2D eigenvalue weighted by atomic mass is 9.88. The first-order chi connectivity index (χ1) is 18.7. The third kappa shape index (κ3) is 10.5. The molecule has 0 aromatic heterocycles. The summed E-state index contributed by atoms with van der Waals surface area (Å²) < 4.78 is 12.1. The van der Waals surface area contributed by atoms with Gasteiger partial charge in [0.05, 0.1) is 13.2 Å². The minimum atomic E-state index is 0.402. The van der Waals surface area contributed by atoms with Crippen LogP contribution in [0.2, 0.25) is 0 Å². The molecule has 0 spiro atoms. The topological polar surface area (TPSA) is 42.5 Å². The second-order valence-corrected chi connectivity index (χ2v) is 10.2. The monoisotopic (exact) mass is 516 g/mol. The van der Waals surface area contributed by atoms with Crippen molar-refractivity contribution in [3.63, 3.8) is 0 Å². The van der Waals surface area contributed by atoms with E-state index in [1.807, 2.05) is 0 Å². The molecule has 4 heteroatoms. The predicted molar refractivity (Wildman–Crippen MR) is 161 cm³/mol. The Morgan fingerprint density at radius 2 is 1.32 bits per heavy atom. The fourth-order valence-corrected chi connectivity index (χ4v) is 4.59. The molecule has 2 N–H and O–H groups in total. The van der Waals surface area contributed by atoms with Crippen LogP contribution < -0.4 is 20.1 Å². The van der Waals surface area contributed by atoms with Crippen molar-refractivity contribution < 1.29 is 9.47 Å². The van der Waals surface area contributed by atoms with Gasteiger partial charge in [-0.05, 0) is 74.5 Å². The highest BCUT2D eigenvalue weighted by Gasteiger charge is 2.14. The Hall–Kier alpha value is -2.82. The number of rotatable bonds is 19. The van der Waals surface area contributed by atoms with E-state index >= 15 is 0 Å². The van der Waals surface area contributed by atoms with E-state index in [-0.39, 0.29) is 0 Å². The Kier molecular flexibility index (Phi) is 13.8. The summed E-state index contributed by atoms with van der Waals surface area (Å²) in [5.74, 6) is 2.16. The first kappa shape index (κ1) is 29.7. The molecular formula is C34H48N2O2. The van der Waals surface area contributed by atoms with Crippen molar-refractivity contribution in [3.05, 3.63) is 95.6 Å². The van der Waals surface area contributed by atoms with Gasteiger partial charge in [0, 0.05) is 18.5 Å². The molecule has 3 aromatic rings. The van der Waals surface area contributed by atoms with Crippen LogP contribution in [0.1, 0.15) is 75.5 Å². The Balaban J connectivity index is 1.42. The zero-order valence-corrected chi connectivity index (χ0v) is 23.8. The molecule has 1 atom stereocenters. The van der Waals surface area contributed by atoms with E-state index < -0.39 is 0 Å². The summed E-state index contributed by atoms with van der Waals surface area (Å²) in [5, 5.41) is 7.35. The molecule has 0 aliphatic heterocycles. The molecule has 4 nitrogen and oxygen atoms in total. The average Bonchev–Trinajstić information content (AvgIpc) is 2.95. The van der Waals surface area contributed by atoms with Gasteiger partial charge in [-0.3, -0.25) is 0 Å². The van der Waals surface area contributed by atoms with Crippen LogP contribution >= 0.6 is 0 Å². The molecule has 206 valence electrons. The summed E-state index contributed by atoms with van der Waals surface area (Å²) >= 11 is 0. The highest BCUT2D eigenvalue weighted by atomic mass is 16.5. The largest absolute Gasteiger partial charge is 0.490 e. The molecule has 0 saturated carbocycles. The summed E-state index contributed by atoms with van der Waals surface area (Å²) in [4.78, 5) is 0. The summed E-state index contributed by atoms with van der Waals surface area (Å²) in [6.07, 6.45) is 6.42. The van der Waals surface area contributed by atoms with Crippen molar-refractivity contribution in [2.24, 2.45) is 0 Å². The van der Waals surface area contributed by atoms with E-state index in [4.69, 9.17) is 9.47 Å². The fourth-order valence-electron chi connectivity index (χ4n) is 4.59. The van der Waals surface area contributed by atoms with Gasteiger partial charge in [0.25, 0.3) is 0 Å². The zero-order chi connectivity index (χ0) is 26.8. The number of nitrogens with one attached hydrogen (secondary N) is 2. The molecule has 3 rings (SSSR count). The lowest BCUT2D eigenvalue weighted by molar-refractivity contribution is 0.261. The molecule has 1 unspecified atom stereocenters. The Labute approximate surface area is 231 Å². The maximum Gasteiger partial charge on any atom is 0.161 e. The second-order valence-electron chi connectivity index (χ2n) is 10.2. The van der Waals surface area contributed by atoms with Gasteiger partial charge in [0.15, 0.2) is 11.5 Å². The molecule has 0 bridgehead atoms. The minimum Gasteiger partial charge on any atom is -0.490 e. The van der Waals surface area contributed by atoms with E-state index in [0.717, 1.165) is 82.9 Å². The van der Waals surface area contributed by atoms with Crippen LogP contribution in [-0.2, 0) is 6.42 Å². The van der Waals surface area contributed by atoms with E-state index in [0.29, 0.717) is 12.0 Å². The smallest absolute Gasteiger partial charge is 0.161 e. The van der Waals surface area contributed by atoms with E-state index in [1.54, 1.807) is 0 Å². The standard InChI is InChI=1S/C34H48N2O2/c1-4-6-24-37-33-19-18-29(26-34(33)38-25-7-5-2)20-23-36-28(3)27-35-22-21-32(30-14-10-8-11-15-30)31-16-12-9-13-17-31/h8-19,26,28,32,35-36H,4-7,20-25,27H2,1-3H3. The fraction of sp³-hybridized carbons (Fsp3) is 0.471. The summed E-state index contributed by atoms with van der Waals surface area (Å²) in [7, 11) is 0. The van der Waals surface area contributed by atoms with Crippen LogP contribution in [0.3, 0.4) is 0 Å². The van der Waals surface area contributed by atoms with Gasteiger partial charge in [-0.2, -0.15) is 0 Å². The van der Waals surface area contributed by atoms with E-state index in [9.17, 15) is 0 Å². The first-order valence-corrected chi connectivity index (χ1v) is 14.6. The van der Waals surface area contributed by atoms with Gasteiger partial charge < -0.3 is 20.1 Å². The number of ether oxygens (including phenoxy) is 2. The van der Waals surface area contributed by atoms with Crippen LogP contribution in [0.5, 0.6) is 11.5 Å². The maximum absolute atomic E-state index is 6.07. The molecule has 0 radical (unpaired) electrons. The van der Waals surface area contributed by atoms with Crippen LogP contribution in [0.4, 0.5) is 0 Å². The van der Waals surface area contributed by atoms with E-state index in [2.05, 4.69) is 110 Å². The average molecular weight is 517 g/mol. The third-order valence-electron chi connectivity index (χ3n) is 6.89. The SMILES string of the molecule is CCCCOc1ccc(CCNC(C)CNCCC(c2ccccc2)c2ccccc2)cc1OCCCC. The highest BCUT2D eigenvalue weighted by Crippen LogP contribution is 2.29. The van der Waals surface area contributed by atoms with Crippen molar-refractivity contribution in [1.29, 1.82) is 0 Å². The molecular weight excluding hydrogens is 468 g/mol. The summed E-state index contributed by atoms with van der Waals surface area (Å²) in [6, 6.07) is 28.5. The third-order valence-corrected chi connectivity index (χ3v) is 6.89. The number of hydrogen-bond donors (Lipinski definition) is 2. The van der Waals surface area contributed by atoms with Gasteiger partial charge in [0.2, 0.25) is 0 Å². The van der Waals surface area contributed by atoms with Crippen LogP contribution in [-0.4, -0.2) is 38.9 Å². The van der Waals surface area contributed by atoms with Crippen LogP contribution in [0.25, 0.3) is 0 Å². The highest BCUT2D eigenvalue weighted by molar-refractivity contribution is 5.43. The lowest BCUT2D eigenvalue weighted by Gasteiger charge is -2.20. The van der Waals surface area contributed by atoms with Crippen molar-refractivity contribution in [2.45, 2.75) is 71.3 Å². The lowest BCUT2D eigenvalue weighted by Crippen LogP contribution is -2.37. The first-order valence-electron chi connectivity index (χ1n) is 14.6. The molecule has 0 saturated heterocycles. The van der Waals surface area contributed by atoms with Gasteiger partial charge in [-0.15, -0.1) is 0 Å². The number of hydrogen-bond acceptors (Lipinski definition) is 4. The van der Waals surface area contributed by atoms with Gasteiger partial charge in [-0.1, -0.05) is 93.4 Å². The van der Waals surface area contributed by atoms with Crippen LogP contribution in [0.15, 0.2) is 78.9 Å². The number of benzene rings is 3. The molecule has 38 heavy (non-hydrogen) atoms. The second kappa shape index (κ2) is 17.6. The number of unbranched alkanes of at least 4 members (excludes halogenated alkanes) is 2. The Morgan fingerprint density at radius 3 is 1.92 bits per heavy atom. The molecule has 0 aliphatic rings.